The van der Waals surface area contributed by atoms with E-state index in [-0.39, 0.29) is 23.9 Å². The van der Waals surface area contributed by atoms with Gasteiger partial charge in [0, 0.05) is 114 Å². The van der Waals surface area contributed by atoms with Crippen LogP contribution in [0.3, 0.4) is 0 Å². The second kappa shape index (κ2) is 20.6. The maximum absolute atomic E-state index is 13.9. The molecule has 3 amide bonds. The number of aromatic nitrogens is 1. The number of benzene rings is 3. The summed E-state index contributed by atoms with van der Waals surface area (Å²) in [4.78, 5) is 53.1. The monoisotopic (exact) mass is 813 g/mol. The van der Waals surface area contributed by atoms with Gasteiger partial charge >= 0.3 is 6.18 Å². The third-order valence-electron chi connectivity index (χ3n) is 10.9. The first-order chi connectivity index (χ1) is 28.5. The number of pyridine rings is 1. The number of halogens is 3. The third-order valence-corrected chi connectivity index (χ3v) is 10.9. The molecule has 3 heterocycles. The van der Waals surface area contributed by atoms with Crippen LogP contribution < -0.4 is 15.5 Å². The molecule has 4 aromatic rings. The summed E-state index contributed by atoms with van der Waals surface area (Å²) < 4.78 is 44.8. The quantitative estimate of drug-likeness (QED) is 0.117. The molecule has 0 unspecified atom stereocenters. The number of methoxy groups -OCH3 is 1. The molecular formula is C45H54F3N7O4. The second-order valence-corrected chi connectivity index (χ2v) is 15.3. The minimum absolute atomic E-state index is 0.0855. The summed E-state index contributed by atoms with van der Waals surface area (Å²) in [7, 11) is 3.71. The average Bonchev–Trinajstić information content (AvgIpc) is 3.25. The van der Waals surface area contributed by atoms with Crippen LogP contribution in [-0.2, 0) is 28.8 Å². The van der Waals surface area contributed by atoms with Gasteiger partial charge in [-0.25, -0.2) is 0 Å². The highest BCUT2D eigenvalue weighted by molar-refractivity contribution is 6.06. The lowest BCUT2D eigenvalue weighted by Gasteiger charge is -2.35. The fourth-order valence-corrected chi connectivity index (χ4v) is 7.52. The first-order valence-corrected chi connectivity index (χ1v) is 20.3. The highest BCUT2D eigenvalue weighted by atomic mass is 19.4. The highest BCUT2D eigenvalue weighted by Crippen LogP contribution is 2.34. The van der Waals surface area contributed by atoms with Crippen LogP contribution in [0.2, 0.25) is 0 Å². The maximum atomic E-state index is 13.9. The minimum atomic E-state index is -4.48. The van der Waals surface area contributed by atoms with E-state index >= 15 is 0 Å². The molecule has 0 spiro atoms. The van der Waals surface area contributed by atoms with Crippen molar-refractivity contribution in [3.05, 3.63) is 113 Å². The molecule has 2 aliphatic heterocycles. The van der Waals surface area contributed by atoms with E-state index in [1.54, 1.807) is 25.3 Å². The summed E-state index contributed by atoms with van der Waals surface area (Å²) in [5.74, 6) is -0.559. The third kappa shape index (κ3) is 12.4. The first kappa shape index (κ1) is 43.3. The largest absolute Gasteiger partial charge is 0.416 e. The Kier molecular flexibility index (Phi) is 15.1. The van der Waals surface area contributed by atoms with Gasteiger partial charge in [0.1, 0.15) is 0 Å². The van der Waals surface area contributed by atoms with Crippen molar-refractivity contribution in [3.8, 4) is 11.3 Å². The Hall–Kier alpha value is -5.31. The number of nitrogens with zero attached hydrogens (tertiary/aromatic N) is 5. The van der Waals surface area contributed by atoms with Gasteiger partial charge in [-0.15, -0.1) is 0 Å². The summed E-state index contributed by atoms with van der Waals surface area (Å²) in [6.45, 7) is 7.85. The maximum Gasteiger partial charge on any atom is 0.416 e. The molecule has 0 bridgehead atoms. The van der Waals surface area contributed by atoms with Crippen LogP contribution >= 0.6 is 0 Å². The van der Waals surface area contributed by atoms with E-state index in [2.05, 4.69) is 37.4 Å². The zero-order chi connectivity index (χ0) is 41.8. The standard InChI is InChI=1S/C45H54F3N7O4/c1-52(20-21-53-22-24-55(25-23-53)42(56)13-8-26-59-2)32-34-10-6-11-35(27-34)44(58)51-40-15-14-38(54-18-4-3-5-19-54)30-39(40)41-29-36(16-17-49-41)43(57)50-31-33-9-7-12-37(28-33)45(46,47)48/h6-7,9-12,14-17,27-30H,3-5,8,13,18-26,31-32H2,1-2H3,(H,50,57)(H,51,58). The molecule has 2 N–H and O–H groups in total. The van der Waals surface area contributed by atoms with Crippen molar-refractivity contribution in [2.24, 2.45) is 0 Å². The van der Waals surface area contributed by atoms with Gasteiger partial charge in [-0.3, -0.25) is 24.3 Å². The van der Waals surface area contributed by atoms with Crippen LogP contribution in [0.25, 0.3) is 11.3 Å². The van der Waals surface area contributed by atoms with Crippen LogP contribution in [0, 0.1) is 0 Å². The molecule has 0 aliphatic carbocycles. The molecule has 3 aromatic carbocycles. The normalized spacial score (nSPS) is 15.0. The number of carbonyl (C=O) groups is 3. The SMILES string of the molecule is COCCCC(=O)N1CCN(CCN(C)Cc2cccc(C(=O)Nc3ccc(N4CCCCC4)cc3-c3cc(C(=O)NCc4cccc(C(F)(F)F)c4)ccn3)c2)CC1. The topological polar surface area (TPSA) is 110 Å². The number of amides is 3. The molecule has 0 saturated carbocycles. The molecule has 0 radical (unpaired) electrons. The second-order valence-electron chi connectivity index (χ2n) is 15.3. The van der Waals surface area contributed by atoms with E-state index in [0.717, 1.165) is 95.0 Å². The number of anilines is 2. The minimum Gasteiger partial charge on any atom is -0.385 e. The average molecular weight is 814 g/mol. The summed E-state index contributed by atoms with van der Waals surface area (Å²) in [6.07, 6.45) is 1.61. The van der Waals surface area contributed by atoms with Gasteiger partial charge in [0.2, 0.25) is 5.91 Å². The molecular weight excluding hydrogens is 760 g/mol. The first-order valence-electron chi connectivity index (χ1n) is 20.3. The van der Waals surface area contributed by atoms with Gasteiger partial charge in [0.05, 0.1) is 16.9 Å². The zero-order valence-electron chi connectivity index (χ0n) is 33.9. The number of piperazine rings is 1. The van der Waals surface area contributed by atoms with Gasteiger partial charge in [0.25, 0.3) is 11.8 Å². The Morgan fingerprint density at radius 1 is 0.831 bits per heavy atom. The van der Waals surface area contributed by atoms with Crippen LogP contribution in [-0.4, -0.2) is 111 Å². The summed E-state index contributed by atoms with van der Waals surface area (Å²) in [5.41, 5.74) is 3.96. The van der Waals surface area contributed by atoms with E-state index in [1.165, 1.54) is 24.8 Å². The van der Waals surface area contributed by atoms with Crippen LogP contribution in [0.5, 0.6) is 0 Å². The van der Waals surface area contributed by atoms with Crippen LogP contribution in [0.4, 0.5) is 24.5 Å². The molecule has 314 valence electrons. The van der Waals surface area contributed by atoms with Crippen LogP contribution in [0.15, 0.2) is 85.1 Å². The fraction of sp³-hybridized carbons (Fsp3) is 0.422. The van der Waals surface area contributed by atoms with Crippen molar-refractivity contribution >= 4 is 29.1 Å². The lowest BCUT2D eigenvalue weighted by Crippen LogP contribution is -2.50. The number of hydrogen-bond donors (Lipinski definition) is 2. The van der Waals surface area contributed by atoms with Gasteiger partial charge in [-0.05, 0) is 98.5 Å². The number of carbonyl (C=O) groups excluding carboxylic acids is 3. The molecule has 14 heteroatoms. The number of ether oxygens (including phenoxy) is 1. The van der Waals surface area contributed by atoms with Crippen molar-refractivity contribution in [1.29, 1.82) is 0 Å². The smallest absolute Gasteiger partial charge is 0.385 e. The Balaban J connectivity index is 1.10. The van der Waals surface area contributed by atoms with Crippen molar-refractivity contribution in [1.82, 2.24) is 25.0 Å². The predicted octanol–water partition coefficient (Wildman–Crippen LogP) is 6.94. The molecule has 2 fully saturated rings. The van der Waals surface area contributed by atoms with Gasteiger partial charge in [-0.2, -0.15) is 13.2 Å². The molecule has 2 aliphatic rings. The lowest BCUT2D eigenvalue weighted by molar-refractivity contribution is -0.137. The van der Waals surface area contributed by atoms with Crippen LogP contribution in [0.1, 0.15) is 69.5 Å². The van der Waals surface area contributed by atoms with Gasteiger partial charge in [0.15, 0.2) is 0 Å². The molecule has 0 atom stereocenters. The Morgan fingerprint density at radius 2 is 1.58 bits per heavy atom. The summed E-state index contributed by atoms with van der Waals surface area (Å²) in [5, 5.41) is 5.82. The Morgan fingerprint density at radius 3 is 2.34 bits per heavy atom. The Labute approximate surface area is 344 Å². The number of nitrogens with one attached hydrogen (secondary N) is 2. The fourth-order valence-electron chi connectivity index (χ4n) is 7.52. The molecule has 2 saturated heterocycles. The molecule has 11 nitrogen and oxygen atoms in total. The summed E-state index contributed by atoms with van der Waals surface area (Å²) >= 11 is 0. The van der Waals surface area contributed by atoms with Crippen molar-refractivity contribution in [2.75, 3.05) is 83.3 Å². The number of alkyl halides is 3. The van der Waals surface area contributed by atoms with E-state index in [9.17, 15) is 27.6 Å². The zero-order valence-corrected chi connectivity index (χ0v) is 33.9. The number of piperidine rings is 1. The number of hydrogen-bond acceptors (Lipinski definition) is 8. The van der Waals surface area contributed by atoms with Gasteiger partial charge < -0.3 is 30.1 Å². The number of likely N-dealkylation sites (N-methyl/N-ethyl adjacent to an activating group) is 1. The van der Waals surface area contributed by atoms with Crippen molar-refractivity contribution in [3.63, 3.8) is 0 Å². The van der Waals surface area contributed by atoms with E-state index in [0.29, 0.717) is 47.6 Å². The van der Waals surface area contributed by atoms with E-state index < -0.39 is 17.6 Å². The molecule has 1 aromatic heterocycles. The van der Waals surface area contributed by atoms with Crippen molar-refractivity contribution in [2.45, 2.75) is 51.4 Å². The predicted molar refractivity (Wildman–Crippen MR) is 223 cm³/mol. The number of rotatable bonds is 16. The van der Waals surface area contributed by atoms with Crippen molar-refractivity contribution < 1.29 is 32.3 Å². The molecule has 59 heavy (non-hydrogen) atoms. The molecule has 6 rings (SSSR count). The lowest BCUT2D eigenvalue weighted by atomic mass is 10.0. The summed E-state index contributed by atoms with van der Waals surface area (Å²) in [6, 6.07) is 21.5. The Bertz CT molecular complexity index is 2050. The highest BCUT2D eigenvalue weighted by Gasteiger charge is 2.30. The van der Waals surface area contributed by atoms with E-state index in [1.807, 2.05) is 41.3 Å². The van der Waals surface area contributed by atoms with Gasteiger partial charge in [-0.1, -0.05) is 24.3 Å². The van der Waals surface area contributed by atoms with E-state index in [4.69, 9.17) is 4.74 Å².